The number of benzene rings is 9. The molecule has 61 heavy (non-hydrogen) atoms. The summed E-state index contributed by atoms with van der Waals surface area (Å²) in [7, 11) is 0. The zero-order chi connectivity index (χ0) is 40.3. The maximum Gasteiger partial charge on any atom is 0.160 e. The number of fused-ring (bicyclic) bond motifs is 14. The molecule has 0 amide bonds. The van der Waals surface area contributed by atoms with E-state index in [9.17, 15) is 0 Å². The van der Waals surface area contributed by atoms with Crippen molar-refractivity contribution >= 4 is 116 Å². The summed E-state index contributed by atoms with van der Waals surface area (Å²) in [6.07, 6.45) is 0. The van der Waals surface area contributed by atoms with Gasteiger partial charge in [-0.3, -0.25) is 0 Å². The molecular weight excluding hydrogens is 747 g/mol. The molecule has 9 aromatic carbocycles. The van der Waals surface area contributed by atoms with Gasteiger partial charge in [-0.1, -0.05) is 115 Å². The number of hydrogen-bond acceptors (Lipinski definition) is 4. The lowest BCUT2D eigenvalue weighted by Gasteiger charge is -2.27. The number of rotatable bonds is 6. The molecule has 0 spiro atoms. The minimum absolute atomic E-state index is 0.848. The van der Waals surface area contributed by atoms with Crippen LogP contribution in [-0.2, 0) is 0 Å². The highest BCUT2D eigenvalue weighted by atomic mass is 16.3. The molecule has 0 atom stereocenters. The summed E-state index contributed by atoms with van der Waals surface area (Å²) < 4.78 is 16.6. The molecule has 0 aliphatic carbocycles. The van der Waals surface area contributed by atoms with Gasteiger partial charge in [0.2, 0.25) is 0 Å². The lowest BCUT2D eigenvalue weighted by atomic mass is 10.0. The molecule has 0 bridgehead atoms. The topological polar surface area (TPSA) is 37.2 Å². The summed E-state index contributed by atoms with van der Waals surface area (Å²) in [6.45, 7) is 4.32. The van der Waals surface area contributed by atoms with Gasteiger partial charge >= 0.3 is 0 Å². The number of para-hydroxylation sites is 5. The van der Waals surface area contributed by atoms with Crippen LogP contribution in [0.3, 0.4) is 0 Å². The van der Waals surface area contributed by atoms with Gasteiger partial charge < -0.3 is 23.0 Å². The predicted molar refractivity (Wildman–Crippen MR) is 254 cm³/mol. The molecule has 4 aromatic heterocycles. The molecule has 13 rings (SSSR count). The van der Waals surface area contributed by atoms with E-state index in [0.717, 1.165) is 116 Å². The Balaban J connectivity index is 1.29. The van der Waals surface area contributed by atoms with E-state index in [0.29, 0.717) is 0 Å². The Labute approximate surface area is 350 Å². The lowest BCUT2D eigenvalue weighted by molar-refractivity contribution is 0.670. The zero-order valence-corrected chi connectivity index (χ0v) is 33.6. The summed E-state index contributed by atoms with van der Waals surface area (Å²) in [5.41, 5.74) is 15.4. The van der Waals surface area contributed by atoms with Crippen LogP contribution in [-0.4, -0.2) is 4.40 Å². The van der Waals surface area contributed by atoms with Crippen LogP contribution in [0.15, 0.2) is 197 Å². The van der Waals surface area contributed by atoms with E-state index in [4.69, 9.17) is 8.83 Å². The molecule has 13 aromatic rings. The average Bonchev–Trinajstić information content (AvgIpc) is 4.05. The van der Waals surface area contributed by atoms with Crippen LogP contribution in [0, 0.1) is 13.8 Å². The Hall–Kier alpha value is -8.02. The molecular formula is C56H37N3O2. The first-order valence-corrected chi connectivity index (χ1v) is 20.8. The van der Waals surface area contributed by atoms with Crippen molar-refractivity contribution in [2.45, 2.75) is 13.8 Å². The van der Waals surface area contributed by atoms with Crippen molar-refractivity contribution in [3.05, 3.63) is 199 Å². The Morgan fingerprint density at radius 2 is 0.738 bits per heavy atom. The van der Waals surface area contributed by atoms with Gasteiger partial charge in [-0.15, -0.1) is 0 Å². The van der Waals surface area contributed by atoms with E-state index in [1.165, 1.54) is 11.1 Å². The van der Waals surface area contributed by atoms with E-state index < -0.39 is 0 Å². The molecule has 288 valence electrons. The molecule has 0 saturated heterocycles. The highest BCUT2D eigenvalue weighted by Gasteiger charge is 2.31. The molecule has 0 unspecified atom stereocenters. The maximum absolute atomic E-state index is 7.06. The number of aromatic nitrogens is 1. The first kappa shape index (κ1) is 33.9. The third-order valence-electron chi connectivity index (χ3n) is 12.5. The van der Waals surface area contributed by atoms with Gasteiger partial charge in [0.25, 0.3) is 0 Å². The van der Waals surface area contributed by atoms with Gasteiger partial charge in [-0.2, -0.15) is 0 Å². The van der Waals surface area contributed by atoms with E-state index in [1.54, 1.807) is 0 Å². The predicted octanol–water partition coefficient (Wildman–Crippen LogP) is 16.2. The SMILES string of the molecule is Cc1cccc(N(c2ccccc2)c2cc3c4ccccc4oc3c3c2c2cccc4c5c(N(c6ccccc6)c6cccc(C)c6)cc6c7ccccc7oc6c5n3c24)c1. The summed E-state index contributed by atoms with van der Waals surface area (Å²) in [6, 6.07) is 67.3. The fraction of sp³-hybridized carbons (Fsp3) is 0.0357. The molecule has 0 N–H and O–H groups in total. The van der Waals surface area contributed by atoms with Crippen LogP contribution in [0.25, 0.3) is 82.0 Å². The Bertz CT molecular complexity index is 3610. The summed E-state index contributed by atoms with van der Waals surface area (Å²) >= 11 is 0. The van der Waals surface area contributed by atoms with Crippen molar-refractivity contribution in [1.82, 2.24) is 4.40 Å². The van der Waals surface area contributed by atoms with Gasteiger partial charge in [0, 0.05) is 65.8 Å². The molecule has 0 fully saturated rings. The maximum atomic E-state index is 7.06. The van der Waals surface area contributed by atoms with E-state index in [-0.39, 0.29) is 0 Å². The van der Waals surface area contributed by atoms with Gasteiger partial charge in [0.05, 0.1) is 16.9 Å². The van der Waals surface area contributed by atoms with Crippen LogP contribution >= 0.6 is 0 Å². The Kier molecular flexibility index (Phi) is 7.08. The monoisotopic (exact) mass is 783 g/mol. The second kappa shape index (κ2) is 12.7. The van der Waals surface area contributed by atoms with Gasteiger partial charge in [0.1, 0.15) is 22.2 Å². The number of aryl methyl sites for hydroxylation is 2. The van der Waals surface area contributed by atoms with Crippen LogP contribution < -0.4 is 9.80 Å². The highest BCUT2D eigenvalue weighted by Crippen LogP contribution is 2.54. The molecule has 0 saturated carbocycles. The van der Waals surface area contributed by atoms with Crippen molar-refractivity contribution in [2.24, 2.45) is 0 Å². The van der Waals surface area contributed by atoms with Crippen LogP contribution in [0.1, 0.15) is 11.1 Å². The number of nitrogens with zero attached hydrogens (tertiary/aromatic N) is 3. The van der Waals surface area contributed by atoms with Crippen molar-refractivity contribution in [3.8, 4) is 0 Å². The van der Waals surface area contributed by atoms with E-state index in [2.05, 4.69) is 216 Å². The second-order valence-electron chi connectivity index (χ2n) is 16.2. The fourth-order valence-corrected chi connectivity index (χ4v) is 10.0. The van der Waals surface area contributed by atoms with E-state index >= 15 is 0 Å². The van der Waals surface area contributed by atoms with Gasteiger partial charge in [-0.05, 0) is 97.8 Å². The third-order valence-corrected chi connectivity index (χ3v) is 12.5. The normalized spacial score (nSPS) is 12.1. The lowest BCUT2D eigenvalue weighted by Crippen LogP contribution is -2.11. The molecule has 5 nitrogen and oxygen atoms in total. The van der Waals surface area contributed by atoms with E-state index in [1.807, 2.05) is 0 Å². The fourth-order valence-electron chi connectivity index (χ4n) is 10.0. The molecule has 5 heteroatoms. The second-order valence-corrected chi connectivity index (χ2v) is 16.2. The first-order valence-electron chi connectivity index (χ1n) is 20.8. The van der Waals surface area contributed by atoms with Crippen molar-refractivity contribution in [3.63, 3.8) is 0 Å². The summed E-state index contributed by atoms with van der Waals surface area (Å²) in [4.78, 5) is 4.83. The minimum atomic E-state index is 0.848. The van der Waals surface area contributed by atoms with Crippen LogP contribution in [0.2, 0.25) is 0 Å². The smallest absolute Gasteiger partial charge is 0.160 e. The molecule has 0 aliphatic rings. The number of furan rings is 2. The standard InChI is InChI=1S/C56H37N3O2/c1-34-16-13-22-38(30-34)57(36-18-5-3-6-19-36)46-32-44-40-24-9-11-28-48(40)60-55(44)53-50(46)42-26-15-27-43-51-47(58(37-20-7-4-8-21-37)39-23-14-17-35(2)31-39)33-45-41-25-10-12-29-49(41)61-56(45)54(51)59(53)52(42)43/h3-33H,1-2H3. The van der Waals surface area contributed by atoms with Crippen molar-refractivity contribution in [2.75, 3.05) is 9.80 Å². The van der Waals surface area contributed by atoms with Crippen molar-refractivity contribution < 1.29 is 8.83 Å². The number of anilines is 6. The zero-order valence-electron chi connectivity index (χ0n) is 33.6. The van der Waals surface area contributed by atoms with Crippen LogP contribution in [0.5, 0.6) is 0 Å². The molecule has 0 aliphatic heterocycles. The Morgan fingerprint density at radius 1 is 0.344 bits per heavy atom. The summed E-state index contributed by atoms with van der Waals surface area (Å²) in [5, 5.41) is 8.80. The first-order chi connectivity index (χ1) is 30.1. The van der Waals surface area contributed by atoms with Gasteiger partial charge in [-0.25, -0.2) is 0 Å². The van der Waals surface area contributed by atoms with Gasteiger partial charge in [0.15, 0.2) is 11.2 Å². The average molecular weight is 784 g/mol. The summed E-state index contributed by atoms with van der Waals surface area (Å²) in [5.74, 6) is 0. The molecule has 0 radical (unpaired) electrons. The minimum Gasteiger partial charge on any atom is -0.454 e. The van der Waals surface area contributed by atoms with Crippen molar-refractivity contribution in [1.29, 1.82) is 0 Å². The third kappa shape index (κ3) is 4.83. The largest absolute Gasteiger partial charge is 0.454 e. The quantitative estimate of drug-likeness (QED) is 0.168. The Morgan fingerprint density at radius 3 is 1.20 bits per heavy atom. The highest BCUT2D eigenvalue weighted by molar-refractivity contribution is 6.36. The van der Waals surface area contributed by atoms with Crippen LogP contribution in [0.4, 0.5) is 34.1 Å². The number of hydrogen-bond donors (Lipinski definition) is 0. The molecule has 4 heterocycles.